The molecule has 0 spiro atoms. The molecule has 0 aliphatic heterocycles. The SMILES string of the molecule is N#Cc1ccc(-c2csc(C(C#N)C(=O)CC34CCCCC3C4(F)F)n2)cc1. The molecule has 1 heterocycles. The van der Waals surface area contributed by atoms with Gasteiger partial charge in [0, 0.05) is 28.7 Å². The molecule has 2 aliphatic rings. The number of benzene rings is 1. The van der Waals surface area contributed by atoms with Crippen molar-refractivity contribution in [1.29, 1.82) is 10.5 Å². The van der Waals surface area contributed by atoms with Crippen molar-refractivity contribution in [3.05, 3.63) is 40.2 Å². The maximum absolute atomic E-state index is 14.3. The van der Waals surface area contributed by atoms with Crippen LogP contribution in [0.5, 0.6) is 0 Å². The molecule has 142 valence electrons. The van der Waals surface area contributed by atoms with Crippen LogP contribution in [0.15, 0.2) is 29.6 Å². The van der Waals surface area contributed by atoms with Gasteiger partial charge in [-0.2, -0.15) is 10.5 Å². The third-order valence-electron chi connectivity index (χ3n) is 6.07. The van der Waals surface area contributed by atoms with E-state index in [2.05, 4.69) is 4.98 Å². The molecule has 0 radical (unpaired) electrons. The molecular formula is C21H17F2N3OS. The molecule has 28 heavy (non-hydrogen) atoms. The van der Waals surface area contributed by atoms with Gasteiger partial charge in [0.1, 0.15) is 5.01 Å². The Bertz CT molecular complexity index is 1000. The number of nitrogens with zero attached hydrogens (tertiary/aromatic N) is 3. The molecule has 1 aromatic carbocycles. The largest absolute Gasteiger partial charge is 0.298 e. The van der Waals surface area contributed by atoms with Crippen molar-refractivity contribution >= 4 is 17.1 Å². The van der Waals surface area contributed by atoms with Crippen LogP contribution in [-0.4, -0.2) is 16.7 Å². The van der Waals surface area contributed by atoms with Gasteiger partial charge in [0.2, 0.25) is 0 Å². The van der Waals surface area contributed by atoms with Crippen LogP contribution in [0.4, 0.5) is 8.78 Å². The number of rotatable bonds is 5. The summed E-state index contributed by atoms with van der Waals surface area (Å²) >= 11 is 1.18. The summed E-state index contributed by atoms with van der Waals surface area (Å²) in [5.74, 6) is -5.10. The van der Waals surface area contributed by atoms with Crippen molar-refractivity contribution in [2.75, 3.05) is 0 Å². The van der Waals surface area contributed by atoms with Gasteiger partial charge in [0.15, 0.2) is 11.7 Å². The normalized spacial score (nSPS) is 25.8. The standard InChI is InChI=1S/C21H17F2N3OS/c22-21(23)18-3-1-2-8-20(18,21)9-17(27)15(11-25)19-26-16(12-28-19)14-6-4-13(10-24)5-7-14/h4-7,12,15,18H,1-3,8-9H2. The van der Waals surface area contributed by atoms with Gasteiger partial charge in [-0.15, -0.1) is 11.3 Å². The zero-order valence-electron chi connectivity index (χ0n) is 15.0. The van der Waals surface area contributed by atoms with Gasteiger partial charge in [-0.05, 0) is 25.0 Å². The van der Waals surface area contributed by atoms with Crippen molar-refractivity contribution in [2.45, 2.75) is 43.9 Å². The van der Waals surface area contributed by atoms with Crippen LogP contribution in [0.1, 0.15) is 48.6 Å². The van der Waals surface area contributed by atoms with Gasteiger partial charge in [0.05, 0.1) is 23.4 Å². The maximum Gasteiger partial charge on any atom is 0.258 e. The van der Waals surface area contributed by atoms with Crippen LogP contribution in [0.2, 0.25) is 0 Å². The summed E-state index contributed by atoms with van der Waals surface area (Å²) in [5, 5.41) is 20.5. The predicted molar refractivity (Wildman–Crippen MR) is 99.6 cm³/mol. The maximum atomic E-state index is 14.3. The minimum absolute atomic E-state index is 0.255. The third-order valence-corrected chi connectivity index (χ3v) is 6.98. The Labute approximate surface area is 165 Å². The van der Waals surface area contributed by atoms with Gasteiger partial charge in [0.25, 0.3) is 5.92 Å². The molecule has 7 heteroatoms. The van der Waals surface area contributed by atoms with Crippen molar-refractivity contribution in [2.24, 2.45) is 11.3 Å². The van der Waals surface area contributed by atoms with Gasteiger partial charge in [-0.25, -0.2) is 13.8 Å². The minimum atomic E-state index is -2.80. The molecule has 3 atom stereocenters. The number of hydrogen-bond acceptors (Lipinski definition) is 5. The number of thiazole rings is 1. The van der Waals surface area contributed by atoms with Crippen molar-refractivity contribution < 1.29 is 13.6 Å². The van der Waals surface area contributed by atoms with Crippen LogP contribution < -0.4 is 0 Å². The number of nitriles is 2. The Morgan fingerprint density at radius 3 is 2.68 bits per heavy atom. The predicted octanol–water partition coefficient (Wildman–Crippen LogP) is 5.07. The molecule has 1 aromatic heterocycles. The van der Waals surface area contributed by atoms with E-state index in [-0.39, 0.29) is 6.42 Å². The lowest BCUT2D eigenvalue weighted by atomic mass is 9.82. The number of halogens is 2. The highest BCUT2D eigenvalue weighted by Crippen LogP contribution is 2.74. The molecule has 2 aliphatic carbocycles. The fourth-order valence-electron chi connectivity index (χ4n) is 4.45. The average Bonchev–Trinajstić information content (AvgIpc) is 3.01. The molecule has 4 rings (SSSR count). The first-order valence-electron chi connectivity index (χ1n) is 9.19. The van der Waals surface area contributed by atoms with Gasteiger partial charge >= 0.3 is 0 Å². The first-order valence-corrected chi connectivity index (χ1v) is 10.1. The zero-order valence-corrected chi connectivity index (χ0v) is 15.8. The van der Waals surface area contributed by atoms with Crippen LogP contribution in [0, 0.1) is 34.0 Å². The molecule has 2 aromatic rings. The molecule has 0 bridgehead atoms. The lowest BCUT2D eigenvalue weighted by Crippen LogP contribution is -2.22. The van der Waals surface area contributed by atoms with E-state index >= 15 is 0 Å². The average molecular weight is 397 g/mol. The number of fused-ring (bicyclic) bond motifs is 1. The van der Waals surface area contributed by atoms with E-state index in [1.165, 1.54) is 11.3 Å². The number of carbonyl (C=O) groups is 1. The lowest BCUT2D eigenvalue weighted by molar-refractivity contribution is -0.121. The molecule has 2 saturated carbocycles. The topological polar surface area (TPSA) is 77.5 Å². The first-order chi connectivity index (χ1) is 13.4. The molecular weight excluding hydrogens is 380 g/mol. The highest BCUT2D eigenvalue weighted by molar-refractivity contribution is 7.10. The van der Waals surface area contributed by atoms with Gasteiger partial charge < -0.3 is 0 Å². The van der Waals surface area contributed by atoms with E-state index in [4.69, 9.17) is 5.26 Å². The monoisotopic (exact) mass is 397 g/mol. The summed E-state index contributed by atoms with van der Waals surface area (Å²) in [6.07, 6.45) is 2.03. The third kappa shape index (κ3) is 2.82. The van der Waals surface area contributed by atoms with E-state index in [0.717, 1.165) is 12.0 Å². The lowest BCUT2D eigenvalue weighted by Gasteiger charge is -2.20. The van der Waals surface area contributed by atoms with Gasteiger partial charge in [-0.1, -0.05) is 25.0 Å². The molecule has 0 amide bonds. The number of Topliss-reactive ketones (excluding diaryl/α,β-unsaturated/α-hetero) is 1. The molecule has 3 unspecified atom stereocenters. The Hall–Kier alpha value is -2.64. The quantitative estimate of drug-likeness (QED) is 0.705. The summed E-state index contributed by atoms with van der Waals surface area (Å²) in [7, 11) is 0. The Kier molecular flexibility index (Phi) is 4.51. The van der Waals surface area contributed by atoms with E-state index < -0.39 is 29.0 Å². The van der Waals surface area contributed by atoms with E-state index in [0.29, 0.717) is 35.5 Å². The zero-order chi connectivity index (χ0) is 19.9. The second-order valence-electron chi connectivity index (χ2n) is 7.54. The van der Waals surface area contributed by atoms with E-state index in [9.17, 15) is 18.8 Å². The van der Waals surface area contributed by atoms with Crippen LogP contribution in [-0.2, 0) is 4.79 Å². The summed E-state index contributed by atoms with van der Waals surface area (Å²) in [5.41, 5.74) is 0.647. The molecule has 2 fully saturated rings. The summed E-state index contributed by atoms with van der Waals surface area (Å²) in [4.78, 5) is 17.2. The second-order valence-corrected chi connectivity index (χ2v) is 8.43. The van der Waals surface area contributed by atoms with E-state index in [1.54, 1.807) is 29.6 Å². The second kappa shape index (κ2) is 6.76. The van der Waals surface area contributed by atoms with Crippen LogP contribution in [0.25, 0.3) is 11.3 Å². The highest BCUT2D eigenvalue weighted by Gasteiger charge is 2.80. The summed E-state index contributed by atoms with van der Waals surface area (Å²) in [6, 6.07) is 10.8. The first kappa shape index (κ1) is 18.7. The Morgan fingerprint density at radius 1 is 1.29 bits per heavy atom. The number of ketones is 1. The molecule has 0 saturated heterocycles. The Balaban J connectivity index is 1.53. The number of hydrogen-bond donors (Lipinski definition) is 0. The number of aromatic nitrogens is 1. The number of alkyl halides is 2. The summed E-state index contributed by atoms with van der Waals surface area (Å²) < 4.78 is 28.6. The van der Waals surface area contributed by atoms with Gasteiger partial charge in [-0.3, -0.25) is 4.79 Å². The molecule has 4 nitrogen and oxygen atoms in total. The van der Waals surface area contributed by atoms with Crippen molar-refractivity contribution in [1.82, 2.24) is 4.98 Å². The van der Waals surface area contributed by atoms with E-state index in [1.807, 2.05) is 12.1 Å². The Morgan fingerprint density at radius 2 is 2.04 bits per heavy atom. The summed E-state index contributed by atoms with van der Waals surface area (Å²) in [6.45, 7) is 0. The molecule has 0 N–H and O–H groups in total. The van der Waals surface area contributed by atoms with Crippen molar-refractivity contribution in [3.8, 4) is 23.4 Å². The minimum Gasteiger partial charge on any atom is -0.298 e. The van der Waals surface area contributed by atoms with Crippen LogP contribution >= 0.6 is 11.3 Å². The number of carbonyl (C=O) groups excluding carboxylic acids is 1. The van der Waals surface area contributed by atoms with Crippen molar-refractivity contribution in [3.63, 3.8) is 0 Å². The highest BCUT2D eigenvalue weighted by atomic mass is 32.1. The fourth-order valence-corrected chi connectivity index (χ4v) is 5.35. The fraction of sp³-hybridized carbons (Fsp3) is 0.429. The smallest absolute Gasteiger partial charge is 0.258 e. The van der Waals surface area contributed by atoms with Crippen LogP contribution in [0.3, 0.4) is 0 Å².